The highest BCUT2D eigenvalue weighted by Crippen LogP contribution is 2.64. The van der Waals surface area contributed by atoms with Crippen molar-refractivity contribution in [3.05, 3.63) is 104 Å². The number of carbonyl (C=O) groups excluding carboxylic acids is 2. The third-order valence-corrected chi connectivity index (χ3v) is 7.48. The van der Waals surface area contributed by atoms with E-state index in [2.05, 4.69) is 0 Å². The van der Waals surface area contributed by atoms with Gasteiger partial charge < -0.3 is 4.74 Å². The molecule has 1 saturated heterocycles. The van der Waals surface area contributed by atoms with Crippen LogP contribution in [0.15, 0.2) is 66.7 Å². The molecule has 2 amide bonds. The lowest BCUT2D eigenvalue weighted by molar-refractivity contribution is -0.578. The summed E-state index contributed by atoms with van der Waals surface area (Å²) in [5.41, 5.74) is 0.716. The molecular weight excluding hydrogens is 444 g/mol. The Hall–Kier alpha value is -3.71. The van der Waals surface area contributed by atoms with Crippen molar-refractivity contribution >= 4 is 29.1 Å². The van der Waals surface area contributed by atoms with E-state index < -0.39 is 35.1 Å². The first-order chi connectivity index (χ1) is 15.9. The molecule has 1 aliphatic heterocycles. The van der Waals surface area contributed by atoms with Gasteiger partial charge in [-0.1, -0.05) is 60.1 Å². The van der Waals surface area contributed by atoms with E-state index >= 15 is 0 Å². The minimum Gasteiger partial charge on any atom is -0.495 e. The monoisotopic (exact) mass is 460 g/mol. The van der Waals surface area contributed by atoms with E-state index in [-0.39, 0.29) is 16.4 Å². The number of benzene rings is 3. The van der Waals surface area contributed by atoms with E-state index in [0.717, 1.165) is 16.0 Å². The number of nitro groups is 1. The summed E-state index contributed by atoms with van der Waals surface area (Å²) in [5.74, 6) is -3.36. The van der Waals surface area contributed by atoms with Gasteiger partial charge in [-0.15, -0.1) is 0 Å². The van der Waals surface area contributed by atoms with Gasteiger partial charge in [0, 0.05) is 27.0 Å². The largest absolute Gasteiger partial charge is 0.495 e. The molecule has 1 heterocycles. The first-order valence-corrected chi connectivity index (χ1v) is 10.8. The van der Waals surface area contributed by atoms with Crippen molar-refractivity contribution in [1.29, 1.82) is 0 Å². The van der Waals surface area contributed by atoms with Crippen molar-refractivity contribution in [2.24, 2.45) is 11.8 Å². The number of methoxy groups -OCH3 is 1. The van der Waals surface area contributed by atoms with Crippen molar-refractivity contribution in [3.63, 3.8) is 0 Å². The summed E-state index contributed by atoms with van der Waals surface area (Å²) in [6.07, 6.45) is 0. The van der Waals surface area contributed by atoms with Crippen molar-refractivity contribution in [2.45, 2.75) is 11.5 Å². The molecule has 0 unspecified atom stereocenters. The normalized spacial score (nSPS) is 26.6. The Morgan fingerprint density at radius 2 is 1.58 bits per heavy atom. The van der Waals surface area contributed by atoms with Gasteiger partial charge in [0.2, 0.25) is 11.8 Å². The Balaban J connectivity index is 1.67. The summed E-state index contributed by atoms with van der Waals surface area (Å²) in [6.45, 7) is 0. The van der Waals surface area contributed by atoms with Crippen molar-refractivity contribution in [1.82, 2.24) is 0 Å². The molecule has 7 rings (SSSR count). The zero-order valence-electron chi connectivity index (χ0n) is 17.4. The molecule has 4 aliphatic rings. The van der Waals surface area contributed by atoms with Crippen LogP contribution in [0.2, 0.25) is 5.02 Å². The molecule has 0 spiro atoms. The van der Waals surface area contributed by atoms with Crippen LogP contribution >= 0.6 is 11.6 Å². The Morgan fingerprint density at radius 3 is 2.15 bits per heavy atom. The maximum atomic E-state index is 14.0. The number of amides is 2. The molecule has 0 saturated carbocycles. The van der Waals surface area contributed by atoms with Crippen molar-refractivity contribution < 1.29 is 19.2 Å². The number of halogens is 1. The first kappa shape index (κ1) is 19.9. The second-order valence-corrected chi connectivity index (χ2v) is 8.94. The highest BCUT2D eigenvalue weighted by molar-refractivity contribution is 6.31. The highest BCUT2D eigenvalue weighted by Gasteiger charge is 2.75. The number of hydrogen-bond donors (Lipinski definition) is 0. The van der Waals surface area contributed by atoms with E-state index in [0.29, 0.717) is 16.1 Å². The zero-order chi connectivity index (χ0) is 23.1. The predicted molar refractivity (Wildman–Crippen MR) is 120 cm³/mol. The smallest absolute Gasteiger partial charge is 0.285 e. The van der Waals surface area contributed by atoms with Gasteiger partial charge in [-0.25, -0.2) is 4.90 Å². The fourth-order valence-corrected chi connectivity index (χ4v) is 6.28. The molecule has 0 aromatic heterocycles. The van der Waals surface area contributed by atoms with E-state index in [1.165, 1.54) is 13.2 Å². The van der Waals surface area contributed by atoms with Crippen LogP contribution in [0.25, 0.3) is 0 Å². The average molecular weight is 461 g/mol. The topological polar surface area (TPSA) is 89.8 Å². The third kappa shape index (κ3) is 2.25. The summed E-state index contributed by atoms with van der Waals surface area (Å²) in [4.78, 5) is 41.4. The van der Waals surface area contributed by atoms with Gasteiger partial charge in [0.15, 0.2) is 0 Å². The molecule has 2 bridgehead atoms. The number of nitrogens with zero attached hydrogens (tertiary/aromatic N) is 2. The quantitative estimate of drug-likeness (QED) is 0.333. The number of anilines is 1. The summed E-state index contributed by atoms with van der Waals surface area (Å²) in [6, 6.07) is 18.8. The Bertz CT molecular complexity index is 1340. The van der Waals surface area contributed by atoms with Gasteiger partial charge in [0.25, 0.3) is 5.54 Å². The van der Waals surface area contributed by atoms with Crippen LogP contribution < -0.4 is 9.64 Å². The van der Waals surface area contributed by atoms with Gasteiger partial charge in [0.1, 0.15) is 11.7 Å². The second kappa shape index (κ2) is 6.65. The molecule has 2 atom stereocenters. The lowest BCUT2D eigenvalue weighted by atomic mass is 9.51. The van der Waals surface area contributed by atoms with Crippen LogP contribution in [0.1, 0.15) is 28.2 Å². The molecule has 33 heavy (non-hydrogen) atoms. The summed E-state index contributed by atoms with van der Waals surface area (Å²) in [7, 11) is 1.43. The maximum Gasteiger partial charge on any atom is 0.285 e. The minimum absolute atomic E-state index is 0.195. The molecular formula is C25H17ClN2O5. The van der Waals surface area contributed by atoms with Crippen molar-refractivity contribution in [2.75, 3.05) is 12.0 Å². The maximum absolute atomic E-state index is 14.0. The number of imide groups is 1. The highest BCUT2D eigenvalue weighted by atomic mass is 35.5. The Kier molecular flexibility index (Phi) is 4.02. The van der Waals surface area contributed by atoms with E-state index in [1.807, 2.05) is 24.3 Å². The molecule has 164 valence electrons. The second-order valence-electron chi connectivity index (χ2n) is 8.51. The van der Waals surface area contributed by atoms with Crippen LogP contribution in [-0.2, 0) is 15.1 Å². The van der Waals surface area contributed by atoms with Gasteiger partial charge in [-0.2, -0.15) is 0 Å². The van der Waals surface area contributed by atoms with Crippen molar-refractivity contribution in [3.8, 4) is 5.75 Å². The third-order valence-electron chi connectivity index (χ3n) is 7.24. The Morgan fingerprint density at radius 1 is 0.970 bits per heavy atom. The Labute approximate surface area is 193 Å². The molecule has 3 aromatic carbocycles. The molecule has 7 nitrogen and oxygen atoms in total. The summed E-state index contributed by atoms with van der Waals surface area (Å²) >= 11 is 6.18. The fourth-order valence-electron chi connectivity index (χ4n) is 6.12. The average Bonchev–Trinajstić information content (AvgIpc) is 3.09. The number of hydrogen-bond acceptors (Lipinski definition) is 5. The lowest BCUT2D eigenvalue weighted by Crippen LogP contribution is -2.57. The molecule has 3 aromatic rings. The van der Waals surface area contributed by atoms with Crippen LogP contribution in [-0.4, -0.2) is 23.8 Å². The molecule has 0 N–H and O–H groups in total. The van der Waals surface area contributed by atoms with Crippen LogP contribution in [0.4, 0.5) is 5.69 Å². The van der Waals surface area contributed by atoms with Gasteiger partial charge >= 0.3 is 0 Å². The number of carbonyl (C=O) groups is 2. The van der Waals surface area contributed by atoms with E-state index in [9.17, 15) is 19.7 Å². The standard InChI is InChI=1S/C25H17ClN2O5/c1-33-19-11-10-13(26)12-18(19)27-23(29)21-20-14-6-2-4-8-16(14)25(28(31)32,22(21)24(27)30)17-9-5-3-7-15(17)20/h2-12,20-22H,1H3/t20?,21-,22-,25?/m1/s1. The molecule has 0 radical (unpaired) electrons. The van der Waals surface area contributed by atoms with Gasteiger partial charge in [-0.05, 0) is 29.3 Å². The van der Waals surface area contributed by atoms with E-state index in [4.69, 9.17) is 16.3 Å². The molecule has 8 heteroatoms. The van der Waals surface area contributed by atoms with Crippen LogP contribution in [0.3, 0.4) is 0 Å². The van der Waals surface area contributed by atoms with Gasteiger partial charge in [-0.3, -0.25) is 19.7 Å². The summed E-state index contributed by atoms with van der Waals surface area (Å²) < 4.78 is 5.39. The minimum atomic E-state index is -1.86. The number of ether oxygens (including phenoxy) is 1. The first-order valence-electron chi connectivity index (χ1n) is 10.5. The lowest BCUT2D eigenvalue weighted by Gasteiger charge is -2.48. The van der Waals surface area contributed by atoms with E-state index in [1.54, 1.807) is 36.4 Å². The zero-order valence-corrected chi connectivity index (χ0v) is 18.2. The number of rotatable bonds is 3. The van der Waals surface area contributed by atoms with Gasteiger partial charge in [0.05, 0.1) is 18.7 Å². The molecule has 1 fully saturated rings. The predicted octanol–water partition coefficient (Wildman–Crippen LogP) is 4.13. The van der Waals surface area contributed by atoms with Crippen LogP contribution in [0.5, 0.6) is 5.75 Å². The van der Waals surface area contributed by atoms with Crippen LogP contribution in [0, 0.1) is 22.0 Å². The summed E-state index contributed by atoms with van der Waals surface area (Å²) in [5, 5.41) is 13.3. The SMILES string of the molecule is COc1ccc(Cl)cc1N1C(=O)[C@@H]2C3c4ccccc4C([N+](=O)[O-])(c4ccccc43)[C@H]2C1=O. The molecule has 3 aliphatic carbocycles. The fraction of sp³-hybridized carbons (Fsp3) is 0.200.